The summed E-state index contributed by atoms with van der Waals surface area (Å²) in [6, 6.07) is 25.7. The number of hydrogen-bond donors (Lipinski definition) is 0. The van der Waals surface area contributed by atoms with Crippen molar-refractivity contribution in [2.75, 3.05) is 6.54 Å². The van der Waals surface area contributed by atoms with E-state index in [0.29, 0.717) is 23.8 Å². The number of rotatable bonds is 6. The molecule has 5 heteroatoms. The minimum atomic E-state index is -0.0628. The largest absolute Gasteiger partial charge is 0.337 e. The zero-order valence-corrected chi connectivity index (χ0v) is 17.1. The Labute approximate surface area is 176 Å². The van der Waals surface area contributed by atoms with Crippen molar-refractivity contribution in [1.29, 1.82) is 0 Å². The van der Waals surface area contributed by atoms with Crippen molar-refractivity contribution in [2.24, 2.45) is 0 Å². The first-order chi connectivity index (χ1) is 14.6. The van der Waals surface area contributed by atoms with Gasteiger partial charge in [-0.15, -0.1) is 0 Å². The van der Waals surface area contributed by atoms with Crippen LogP contribution >= 0.6 is 0 Å². The summed E-state index contributed by atoms with van der Waals surface area (Å²) >= 11 is 0. The summed E-state index contributed by atoms with van der Waals surface area (Å²) in [6.07, 6.45) is 0. The van der Waals surface area contributed by atoms with E-state index in [1.807, 2.05) is 80.6 Å². The monoisotopic (exact) mass is 397 g/mol. The number of aromatic nitrogens is 2. The first-order valence-electron chi connectivity index (χ1n) is 9.98. The highest BCUT2D eigenvalue weighted by atomic mass is 16.5. The Balaban J connectivity index is 1.47. The van der Waals surface area contributed by atoms with Gasteiger partial charge in [-0.25, -0.2) is 0 Å². The molecule has 1 aromatic heterocycles. The minimum absolute atomic E-state index is 0.0628. The Hall–Kier alpha value is -3.73. The third-order valence-corrected chi connectivity index (χ3v) is 5.01. The fraction of sp³-hybridized carbons (Fsp3) is 0.160. The molecule has 0 fully saturated rings. The second-order valence-electron chi connectivity index (χ2n) is 7.14. The molecule has 0 unspecified atom stereocenters. The van der Waals surface area contributed by atoms with E-state index < -0.39 is 0 Å². The molecule has 4 rings (SSSR count). The Bertz CT molecular complexity index is 1120. The second-order valence-corrected chi connectivity index (χ2v) is 7.14. The van der Waals surface area contributed by atoms with Gasteiger partial charge >= 0.3 is 0 Å². The average molecular weight is 397 g/mol. The number of amides is 1. The van der Waals surface area contributed by atoms with Crippen molar-refractivity contribution in [3.63, 3.8) is 0 Å². The maximum atomic E-state index is 13.0. The van der Waals surface area contributed by atoms with Crippen LogP contribution in [-0.2, 0) is 6.54 Å². The quantitative estimate of drug-likeness (QED) is 0.439. The highest BCUT2D eigenvalue weighted by molar-refractivity contribution is 5.94. The molecule has 5 nitrogen and oxygen atoms in total. The number of aryl methyl sites for hydroxylation is 1. The van der Waals surface area contributed by atoms with Crippen LogP contribution in [-0.4, -0.2) is 27.5 Å². The number of hydrogen-bond acceptors (Lipinski definition) is 4. The Morgan fingerprint density at radius 2 is 1.50 bits per heavy atom. The molecule has 30 heavy (non-hydrogen) atoms. The van der Waals surface area contributed by atoms with Crippen molar-refractivity contribution < 1.29 is 9.32 Å². The van der Waals surface area contributed by atoms with Crippen LogP contribution in [0.15, 0.2) is 83.4 Å². The molecule has 0 aliphatic rings. The molecule has 0 saturated carbocycles. The first-order valence-corrected chi connectivity index (χ1v) is 9.98. The van der Waals surface area contributed by atoms with Crippen molar-refractivity contribution in [1.82, 2.24) is 15.0 Å². The molecule has 1 heterocycles. The lowest BCUT2D eigenvalue weighted by atomic mass is 10.0. The van der Waals surface area contributed by atoms with Gasteiger partial charge in [0.15, 0.2) is 0 Å². The number of nitrogens with zero attached hydrogens (tertiary/aromatic N) is 3. The number of benzene rings is 3. The van der Waals surface area contributed by atoms with Crippen molar-refractivity contribution in [2.45, 2.75) is 20.4 Å². The van der Waals surface area contributed by atoms with Crippen LogP contribution in [0.5, 0.6) is 0 Å². The summed E-state index contributed by atoms with van der Waals surface area (Å²) in [7, 11) is 0. The number of carbonyl (C=O) groups excluding carboxylic acids is 1. The van der Waals surface area contributed by atoms with Crippen LogP contribution in [0.1, 0.15) is 28.7 Å². The van der Waals surface area contributed by atoms with E-state index in [0.717, 1.165) is 16.7 Å². The van der Waals surface area contributed by atoms with Crippen LogP contribution < -0.4 is 0 Å². The maximum absolute atomic E-state index is 13.0. The predicted molar refractivity (Wildman–Crippen MR) is 117 cm³/mol. The highest BCUT2D eigenvalue weighted by Gasteiger charge is 2.18. The van der Waals surface area contributed by atoms with E-state index in [4.69, 9.17) is 4.52 Å². The highest BCUT2D eigenvalue weighted by Crippen LogP contribution is 2.21. The fourth-order valence-electron chi connectivity index (χ4n) is 3.25. The van der Waals surface area contributed by atoms with Crippen molar-refractivity contribution in [3.8, 4) is 22.5 Å². The lowest BCUT2D eigenvalue weighted by Crippen LogP contribution is -2.30. The Kier molecular flexibility index (Phi) is 5.70. The summed E-state index contributed by atoms with van der Waals surface area (Å²) in [5.41, 5.74) is 4.90. The van der Waals surface area contributed by atoms with Gasteiger partial charge in [0.25, 0.3) is 5.91 Å². The zero-order valence-electron chi connectivity index (χ0n) is 17.1. The molecule has 150 valence electrons. The van der Waals surface area contributed by atoms with E-state index >= 15 is 0 Å². The lowest BCUT2D eigenvalue weighted by Gasteiger charge is -2.19. The van der Waals surface area contributed by atoms with E-state index in [-0.39, 0.29) is 12.5 Å². The molecule has 0 atom stereocenters. The third kappa shape index (κ3) is 4.30. The maximum Gasteiger partial charge on any atom is 0.254 e. The topological polar surface area (TPSA) is 59.2 Å². The standard InChI is InChI=1S/C25H23N3O2/c1-3-28(17-23-26-24(27-30-23)21-11-9-18(2)10-12-21)25(29)22-15-13-20(14-16-22)19-7-5-4-6-8-19/h4-16H,3,17H2,1-2H3. The molecule has 4 aromatic rings. The average Bonchev–Trinajstić information content (AvgIpc) is 3.27. The van der Waals surface area contributed by atoms with Crippen LogP contribution in [0.25, 0.3) is 22.5 Å². The van der Waals surface area contributed by atoms with Crippen LogP contribution in [0.4, 0.5) is 0 Å². The van der Waals surface area contributed by atoms with Gasteiger partial charge < -0.3 is 9.42 Å². The molecule has 0 aliphatic carbocycles. The summed E-state index contributed by atoms with van der Waals surface area (Å²) in [5, 5.41) is 4.06. The molecule has 0 spiro atoms. The second kappa shape index (κ2) is 8.74. The lowest BCUT2D eigenvalue weighted by molar-refractivity contribution is 0.0734. The summed E-state index contributed by atoms with van der Waals surface area (Å²) in [4.78, 5) is 19.1. The molecule has 3 aromatic carbocycles. The van der Waals surface area contributed by atoms with E-state index in [2.05, 4.69) is 22.3 Å². The molecule has 0 N–H and O–H groups in total. The minimum Gasteiger partial charge on any atom is -0.337 e. The van der Waals surface area contributed by atoms with Crippen LogP contribution in [0.3, 0.4) is 0 Å². The zero-order chi connectivity index (χ0) is 20.9. The molecule has 0 bridgehead atoms. The third-order valence-electron chi connectivity index (χ3n) is 5.01. The number of carbonyl (C=O) groups is 1. The molecule has 0 aliphatic heterocycles. The Morgan fingerprint density at radius 1 is 0.867 bits per heavy atom. The van der Waals surface area contributed by atoms with Crippen molar-refractivity contribution >= 4 is 5.91 Å². The molecular formula is C25H23N3O2. The van der Waals surface area contributed by atoms with Crippen LogP contribution in [0, 0.1) is 6.92 Å². The van der Waals surface area contributed by atoms with Gasteiger partial charge in [-0.05, 0) is 37.1 Å². The Morgan fingerprint density at radius 3 is 2.17 bits per heavy atom. The SMILES string of the molecule is CCN(Cc1nc(-c2ccc(C)cc2)no1)C(=O)c1ccc(-c2ccccc2)cc1. The van der Waals surface area contributed by atoms with Gasteiger partial charge in [-0.1, -0.05) is 77.5 Å². The van der Waals surface area contributed by atoms with Gasteiger partial charge in [-0.3, -0.25) is 4.79 Å². The van der Waals surface area contributed by atoms with Gasteiger partial charge in [-0.2, -0.15) is 4.98 Å². The smallest absolute Gasteiger partial charge is 0.254 e. The van der Waals surface area contributed by atoms with E-state index in [9.17, 15) is 4.79 Å². The van der Waals surface area contributed by atoms with E-state index in [1.54, 1.807) is 4.90 Å². The first kappa shape index (κ1) is 19.6. The molecule has 1 amide bonds. The van der Waals surface area contributed by atoms with Gasteiger partial charge in [0.1, 0.15) is 6.54 Å². The molecule has 0 radical (unpaired) electrons. The van der Waals surface area contributed by atoms with Crippen molar-refractivity contribution in [3.05, 3.63) is 95.9 Å². The summed E-state index contributed by atoms with van der Waals surface area (Å²) in [6.45, 7) is 4.78. The van der Waals surface area contributed by atoms with Gasteiger partial charge in [0.05, 0.1) is 0 Å². The van der Waals surface area contributed by atoms with Gasteiger partial charge in [0.2, 0.25) is 11.7 Å². The van der Waals surface area contributed by atoms with E-state index in [1.165, 1.54) is 5.56 Å². The summed E-state index contributed by atoms with van der Waals surface area (Å²) < 4.78 is 5.39. The fourth-order valence-corrected chi connectivity index (χ4v) is 3.25. The van der Waals surface area contributed by atoms with Gasteiger partial charge in [0, 0.05) is 17.7 Å². The molecular weight excluding hydrogens is 374 g/mol. The van der Waals surface area contributed by atoms with Crippen LogP contribution in [0.2, 0.25) is 0 Å². The molecule has 0 saturated heterocycles. The predicted octanol–water partition coefficient (Wildman–Crippen LogP) is 5.37. The summed E-state index contributed by atoms with van der Waals surface area (Å²) in [5.74, 6) is 0.884. The normalized spacial score (nSPS) is 10.7.